The van der Waals surface area contributed by atoms with Gasteiger partial charge in [-0.25, -0.2) is 0 Å². The van der Waals surface area contributed by atoms with Crippen LogP contribution in [0.25, 0.3) is 11.3 Å². The Kier molecular flexibility index (Phi) is 6.03. The first kappa shape index (κ1) is 18.8. The van der Waals surface area contributed by atoms with Gasteiger partial charge in [0, 0.05) is 42.2 Å². The summed E-state index contributed by atoms with van der Waals surface area (Å²) in [6, 6.07) is 11.3. The summed E-state index contributed by atoms with van der Waals surface area (Å²) in [5, 5.41) is 16.4. The topological polar surface area (TPSA) is 114 Å². The first-order valence-electron chi connectivity index (χ1n) is 8.99. The summed E-state index contributed by atoms with van der Waals surface area (Å²) in [5.74, 6) is 0.373. The van der Waals surface area contributed by atoms with Crippen molar-refractivity contribution in [1.29, 1.82) is 0 Å². The highest BCUT2D eigenvalue weighted by Gasteiger charge is 2.31. The van der Waals surface area contributed by atoms with Gasteiger partial charge in [-0.2, -0.15) is 0 Å². The summed E-state index contributed by atoms with van der Waals surface area (Å²) < 4.78 is 5.18. The van der Waals surface area contributed by atoms with Crippen molar-refractivity contribution in [3.8, 4) is 11.3 Å². The van der Waals surface area contributed by atoms with Gasteiger partial charge in [0.1, 0.15) is 5.69 Å². The molecule has 0 saturated heterocycles. The fourth-order valence-corrected chi connectivity index (χ4v) is 2.98. The molecular weight excluding hydrogens is 344 g/mol. The molecule has 7 heteroatoms. The Balaban J connectivity index is 1.45. The van der Waals surface area contributed by atoms with E-state index in [1.54, 1.807) is 19.2 Å². The molecule has 3 rings (SSSR count). The molecule has 1 aliphatic carbocycles. The standard InChI is InChI=1S/C20H24N4O3/c1-13(25)16(10-21)12-22-11-14-7-17(8-14)23-20(26)19-9-18(24-27-19)15-5-3-2-4-6-15/h2-6,9-10,12-14,17,25H,7-8,11,21H2,1H3,(H,23,26). The quantitative estimate of drug-likeness (QED) is 0.648. The average Bonchev–Trinajstić information content (AvgIpc) is 3.13. The Bertz CT molecular complexity index is 821. The van der Waals surface area contributed by atoms with Crippen molar-refractivity contribution in [1.82, 2.24) is 10.5 Å². The summed E-state index contributed by atoms with van der Waals surface area (Å²) in [6.45, 7) is 2.29. The lowest BCUT2D eigenvalue weighted by molar-refractivity contribution is 0.0855. The third-order valence-corrected chi connectivity index (χ3v) is 4.65. The van der Waals surface area contributed by atoms with E-state index >= 15 is 0 Å². The molecule has 1 aliphatic rings. The number of hydrogen-bond acceptors (Lipinski definition) is 6. The van der Waals surface area contributed by atoms with E-state index in [0.717, 1.165) is 18.4 Å². The summed E-state index contributed by atoms with van der Waals surface area (Å²) in [4.78, 5) is 16.6. The normalized spacial score (nSPS) is 21.0. The second kappa shape index (κ2) is 8.64. The van der Waals surface area contributed by atoms with Gasteiger partial charge in [-0.1, -0.05) is 35.5 Å². The van der Waals surface area contributed by atoms with Gasteiger partial charge in [0.2, 0.25) is 5.76 Å². The number of hydrogen-bond donors (Lipinski definition) is 3. The zero-order valence-corrected chi connectivity index (χ0v) is 15.2. The summed E-state index contributed by atoms with van der Waals surface area (Å²) >= 11 is 0. The van der Waals surface area contributed by atoms with Crippen molar-refractivity contribution in [3.63, 3.8) is 0 Å². The van der Waals surface area contributed by atoms with Crippen molar-refractivity contribution in [2.24, 2.45) is 16.6 Å². The van der Waals surface area contributed by atoms with Crippen molar-refractivity contribution in [3.05, 3.63) is 53.9 Å². The van der Waals surface area contributed by atoms with Crippen LogP contribution >= 0.6 is 0 Å². The summed E-state index contributed by atoms with van der Waals surface area (Å²) in [5.41, 5.74) is 7.58. The van der Waals surface area contributed by atoms with E-state index in [1.807, 2.05) is 30.3 Å². The van der Waals surface area contributed by atoms with Crippen LogP contribution in [0.5, 0.6) is 0 Å². The minimum absolute atomic E-state index is 0.115. The van der Waals surface area contributed by atoms with Crippen LogP contribution in [0, 0.1) is 5.92 Å². The van der Waals surface area contributed by atoms with Crippen LogP contribution in [0.3, 0.4) is 0 Å². The van der Waals surface area contributed by atoms with E-state index in [9.17, 15) is 9.90 Å². The van der Waals surface area contributed by atoms with Crippen LogP contribution in [0.2, 0.25) is 0 Å². The van der Waals surface area contributed by atoms with Crippen molar-refractivity contribution < 1.29 is 14.4 Å². The molecule has 1 atom stereocenters. The maximum atomic E-state index is 12.3. The molecule has 0 radical (unpaired) electrons. The molecule has 2 aromatic rings. The van der Waals surface area contributed by atoms with E-state index in [2.05, 4.69) is 15.5 Å². The first-order valence-corrected chi connectivity index (χ1v) is 8.99. The number of benzene rings is 1. The molecule has 7 nitrogen and oxygen atoms in total. The highest BCUT2D eigenvalue weighted by molar-refractivity contribution is 5.92. The maximum absolute atomic E-state index is 12.3. The monoisotopic (exact) mass is 368 g/mol. The summed E-state index contributed by atoms with van der Waals surface area (Å²) in [7, 11) is 0. The molecule has 4 N–H and O–H groups in total. The molecule has 27 heavy (non-hydrogen) atoms. The van der Waals surface area contributed by atoms with Gasteiger partial charge in [0.25, 0.3) is 5.91 Å². The largest absolute Gasteiger partial charge is 0.404 e. The van der Waals surface area contributed by atoms with Crippen molar-refractivity contribution >= 4 is 12.1 Å². The number of nitrogens with zero attached hydrogens (tertiary/aromatic N) is 2. The van der Waals surface area contributed by atoms with Gasteiger partial charge < -0.3 is 20.7 Å². The number of aliphatic imine (C=N–C) groups is 1. The number of amides is 1. The molecule has 1 aromatic carbocycles. The number of aliphatic hydroxyl groups excluding tert-OH is 1. The summed E-state index contributed by atoms with van der Waals surface area (Å²) in [6.07, 6.45) is 4.06. The molecule has 1 saturated carbocycles. The Morgan fingerprint density at radius 2 is 2.19 bits per heavy atom. The maximum Gasteiger partial charge on any atom is 0.290 e. The van der Waals surface area contributed by atoms with Gasteiger partial charge >= 0.3 is 0 Å². The predicted molar refractivity (Wildman–Crippen MR) is 103 cm³/mol. The van der Waals surface area contributed by atoms with Crippen LogP contribution < -0.4 is 11.1 Å². The Morgan fingerprint density at radius 1 is 1.44 bits per heavy atom. The Hall–Kier alpha value is -2.93. The molecule has 0 aliphatic heterocycles. The van der Waals surface area contributed by atoms with Gasteiger partial charge in [0.15, 0.2) is 0 Å². The number of aromatic nitrogens is 1. The lowest BCUT2D eigenvalue weighted by atomic mass is 9.80. The molecule has 1 heterocycles. The molecule has 1 aromatic heterocycles. The minimum Gasteiger partial charge on any atom is -0.404 e. The number of nitrogens with one attached hydrogen (secondary N) is 1. The van der Waals surface area contributed by atoms with Crippen molar-refractivity contribution in [2.75, 3.05) is 6.54 Å². The van der Waals surface area contributed by atoms with Crippen LogP contribution in [-0.2, 0) is 0 Å². The Labute approximate surface area is 158 Å². The first-order chi connectivity index (χ1) is 13.1. The van der Waals surface area contributed by atoms with Crippen LogP contribution in [0.15, 0.2) is 57.7 Å². The third kappa shape index (κ3) is 4.83. The van der Waals surface area contributed by atoms with Gasteiger partial charge in [-0.3, -0.25) is 9.79 Å². The van der Waals surface area contributed by atoms with Crippen LogP contribution in [-0.4, -0.2) is 41.1 Å². The number of rotatable bonds is 7. The fourth-order valence-electron chi connectivity index (χ4n) is 2.98. The smallest absolute Gasteiger partial charge is 0.290 e. The van der Waals surface area contributed by atoms with Gasteiger partial charge in [-0.15, -0.1) is 0 Å². The van der Waals surface area contributed by atoms with Crippen molar-refractivity contribution in [2.45, 2.75) is 31.9 Å². The van der Waals surface area contributed by atoms with E-state index in [0.29, 0.717) is 23.7 Å². The molecular formula is C20H24N4O3. The zero-order chi connectivity index (χ0) is 19.2. The van der Waals surface area contributed by atoms with E-state index in [1.165, 1.54) is 6.20 Å². The number of carbonyl (C=O) groups is 1. The highest BCUT2D eigenvalue weighted by Crippen LogP contribution is 2.28. The number of nitrogens with two attached hydrogens (primary N) is 1. The third-order valence-electron chi connectivity index (χ3n) is 4.65. The van der Waals surface area contributed by atoms with Gasteiger partial charge in [0.05, 0.1) is 6.10 Å². The van der Waals surface area contributed by atoms with E-state index in [-0.39, 0.29) is 17.7 Å². The lowest BCUT2D eigenvalue weighted by Crippen LogP contribution is -2.45. The van der Waals surface area contributed by atoms with E-state index in [4.69, 9.17) is 10.3 Å². The number of carbonyl (C=O) groups excluding carboxylic acids is 1. The second-order valence-electron chi connectivity index (χ2n) is 6.79. The molecule has 0 spiro atoms. The SMILES string of the molecule is CC(O)C(C=NCC1CC(NC(=O)c2cc(-c3ccccc3)no2)C1)=CN. The minimum atomic E-state index is -0.630. The predicted octanol–water partition coefficient (Wildman–Crippen LogP) is 2.14. The van der Waals surface area contributed by atoms with Crippen LogP contribution in [0.4, 0.5) is 0 Å². The van der Waals surface area contributed by atoms with E-state index < -0.39 is 6.10 Å². The number of aliphatic hydroxyl groups is 1. The highest BCUT2D eigenvalue weighted by atomic mass is 16.5. The molecule has 0 bridgehead atoms. The fraction of sp³-hybridized carbons (Fsp3) is 0.350. The average molecular weight is 368 g/mol. The van der Waals surface area contributed by atoms with Crippen LogP contribution in [0.1, 0.15) is 30.3 Å². The lowest BCUT2D eigenvalue weighted by Gasteiger charge is -2.34. The van der Waals surface area contributed by atoms with Gasteiger partial charge in [-0.05, 0) is 25.7 Å². The zero-order valence-electron chi connectivity index (χ0n) is 15.2. The molecule has 1 amide bonds. The molecule has 1 unspecified atom stereocenters. The Morgan fingerprint density at radius 3 is 2.85 bits per heavy atom. The molecule has 1 fully saturated rings. The second-order valence-corrected chi connectivity index (χ2v) is 6.79. The molecule has 142 valence electrons.